The van der Waals surface area contributed by atoms with E-state index in [1.54, 1.807) is 12.4 Å². The van der Waals surface area contributed by atoms with Crippen LogP contribution in [0.5, 0.6) is 0 Å². The van der Waals surface area contributed by atoms with Gasteiger partial charge in [-0.2, -0.15) is 4.98 Å². The van der Waals surface area contributed by atoms with E-state index in [2.05, 4.69) is 32.9 Å². The summed E-state index contributed by atoms with van der Waals surface area (Å²) in [5.41, 5.74) is 7.17. The molecule has 0 radical (unpaired) electrons. The van der Waals surface area contributed by atoms with Gasteiger partial charge in [-0.25, -0.2) is 5.43 Å². The zero-order chi connectivity index (χ0) is 11.7. The predicted molar refractivity (Wildman–Crippen MR) is 60.6 cm³/mol. The van der Waals surface area contributed by atoms with Crippen molar-refractivity contribution in [2.75, 3.05) is 0 Å². The molecule has 2 atom stereocenters. The quantitative estimate of drug-likeness (QED) is 0.804. The average Bonchev–Trinajstić information content (AvgIpc) is 2.98. The highest BCUT2D eigenvalue weighted by Crippen LogP contribution is 2.23. The molecule has 88 valence electrons. The molecule has 17 heavy (non-hydrogen) atoms. The molecule has 1 aliphatic rings. The smallest absolute Gasteiger partial charge is 0.245 e. The van der Waals surface area contributed by atoms with E-state index in [1.807, 2.05) is 12.1 Å². The number of nitrogens with one attached hydrogen (secondary N) is 2. The number of nitrogens with zero attached hydrogens (tertiary/aromatic N) is 3. The molecule has 0 amide bonds. The highest BCUT2D eigenvalue weighted by atomic mass is 16.5. The standard InChI is InChI=1S/C11H13N5O/c1-7-6-9(15-14-7)11-13-10(16-17-11)8-2-4-12-5-3-8/h2-5,7,9,14-15H,6H2,1H3. The van der Waals surface area contributed by atoms with Gasteiger partial charge in [-0.15, -0.1) is 0 Å². The van der Waals surface area contributed by atoms with Crippen molar-refractivity contribution >= 4 is 0 Å². The first-order valence-corrected chi connectivity index (χ1v) is 5.58. The Hall–Kier alpha value is -1.79. The number of hydrogen-bond donors (Lipinski definition) is 2. The van der Waals surface area contributed by atoms with E-state index in [0.29, 0.717) is 17.8 Å². The number of rotatable bonds is 2. The Morgan fingerprint density at radius 1 is 1.29 bits per heavy atom. The molecule has 2 aromatic rings. The van der Waals surface area contributed by atoms with Crippen LogP contribution in [-0.4, -0.2) is 21.2 Å². The fourth-order valence-corrected chi connectivity index (χ4v) is 1.87. The largest absolute Gasteiger partial charge is 0.337 e. The van der Waals surface area contributed by atoms with Gasteiger partial charge in [0.05, 0.1) is 0 Å². The minimum absolute atomic E-state index is 0.0908. The van der Waals surface area contributed by atoms with Crippen LogP contribution in [-0.2, 0) is 0 Å². The zero-order valence-corrected chi connectivity index (χ0v) is 9.42. The summed E-state index contributed by atoms with van der Waals surface area (Å²) in [6.07, 6.45) is 4.36. The van der Waals surface area contributed by atoms with E-state index in [4.69, 9.17) is 4.52 Å². The molecule has 1 saturated heterocycles. The maximum Gasteiger partial charge on any atom is 0.245 e. The lowest BCUT2D eigenvalue weighted by atomic mass is 10.1. The molecule has 6 nitrogen and oxygen atoms in total. The Morgan fingerprint density at radius 2 is 2.12 bits per heavy atom. The molecule has 0 aromatic carbocycles. The summed E-state index contributed by atoms with van der Waals surface area (Å²) in [5.74, 6) is 1.22. The van der Waals surface area contributed by atoms with Gasteiger partial charge in [-0.3, -0.25) is 10.4 Å². The molecule has 1 aliphatic heterocycles. The Balaban J connectivity index is 1.84. The van der Waals surface area contributed by atoms with Gasteiger partial charge < -0.3 is 4.52 Å². The molecular weight excluding hydrogens is 218 g/mol. The summed E-state index contributed by atoms with van der Waals surface area (Å²) in [5, 5.41) is 3.97. The molecule has 2 N–H and O–H groups in total. The minimum atomic E-state index is 0.0908. The van der Waals surface area contributed by atoms with Crippen LogP contribution in [0.25, 0.3) is 11.4 Å². The summed E-state index contributed by atoms with van der Waals surface area (Å²) >= 11 is 0. The topological polar surface area (TPSA) is 75.9 Å². The van der Waals surface area contributed by atoms with Crippen LogP contribution in [0, 0.1) is 0 Å². The third-order valence-corrected chi connectivity index (χ3v) is 2.77. The third-order valence-electron chi connectivity index (χ3n) is 2.77. The maximum atomic E-state index is 5.27. The lowest BCUT2D eigenvalue weighted by Gasteiger charge is -2.00. The normalized spacial score (nSPS) is 24.1. The summed E-state index contributed by atoms with van der Waals surface area (Å²) < 4.78 is 5.27. The Labute approximate surface area is 98.4 Å². The van der Waals surface area contributed by atoms with Crippen molar-refractivity contribution in [2.24, 2.45) is 0 Å². The van der Waals surface area contributed by atoms with Gasteiger partial charge in [0.1, 0.15) is 6.04 Å². The first kappa shape index (κ1) is 10.4. The van der Waals surface area contributed by atoms with Gasteiger partial charge >= 0.3 is 0 Å². The lowest BCUT2D eigenvalue weighted by Crippen LogP contribution is -2.28. The number of hydrogen-bond acceptors (Lipinski definition) is 6. The van der Waals surface area contributed by atoms with Crippen molar-refractivity contribution < 1.29 is 4.52 Å². The number of aromatic nitrogens is 3. The van der Waals surface area contributed by atoms with Crippen LogP contribution in [0.15, 0.2) is 29.0 Å². The summed E-state index contributed by atoms with van der Waals surface area (Å²) in [6.45, 7) is 2.10. The van der Waals surface area contributed by atoms with Crippen LogP contribution < -0.4 is 10.9 Å². The molecular formula is C11H13N5O. The van der Waals surface area contributed by atoms with Gasteiger partial charge in [0.25, 0.3) is 0 Å². The van der Waals surface area contributed by atoms with Crippen molar-refractivity contribution in [1.82, 2.24) is 26.0 Å². The number of pyridine rings is 1. The van der Waals surface area contributed by atoms with Crippen LogP contribution in [0.4, 0.5) is 0 Å². The molecule has 2 aromatic heterocycles. The average molecular weight is 231 g/mol. The second-order valence-corrected chi connectivity index (χ2v) is 4.17. The molecule has 6 heteroatoms. The predicted octanol–water partition coefficient (Wildman–Crippen LogP) is 1.06. The van der Waals surface area contributed by atoms with E-state index in [9.17, 15) is 0 Å². The van der Waals surface area contributed by atoms with Crippen molar-refractivity contribution in [3.05, 3.63) is 30.4 Å². The molecule has 0 spiro atoms. The first-order valence-electron chi connectivity index (χ1n) is 5.58. The maximum absolute atomic E-state index is 5.27. The van der Waals surface area contributed by atoms with Crippen LogP contribution >= 0.6 is 0 Å². The van der Waals surface area contributed by atoms with Crippen molar-refractivity contribution in [3.8, 4) is 11.4 Å². The second-order valence-electron chi connectivity index (χ2n) is 4.17. The Kier molecular flexibility index (Phi) is 2.58. The molecule has 0 bridgehead atoms. The highest BCUT2D eigenvalue weighted by Gasteiger charge is 2.26. The Bertz CT molecular complexity index is 498. The molecule has 0 aliphatic carbocycles. The van der Waals surface area contributed by atoms with Crippen LogP contribution in [0.3, 0.4) is 0 Å². The molecule has 3 heterocycles. The van der Waals surface area contributed by atoms with Gasteiger partial charge in [0.15, 0.2) is 0 Å². The van der Waals surface area contributed by atoms with E-state index >= 15 is 0 Å². The SMILES string of the molecule is CC1CC(c2nc(-c3ccncc3)no2)NN1. The summed E-state index contributed by atoms with van der Waals surface area (Å²) in [7, 11) is 0. The van der Waals surface area contributed by atoms with Gasteiger partial charge in [-0.1, -0.05) is 5.16 Å². The van der Waals surface area contributed by atoms with E-state index in [-0.39, 0.29) is 6.04 Å². The van der Waals surface area contributed by atoms with Crippen LogP contribution in [0.1, 0.15) is 25.3 Å². The molecule has 2 unspecified atom stereocenters. The molecule has 1 fully saturated rings. The van der Waals surface area contributed by atoms with Crippen molar-refractivity contribution in [3.63, 3.8) is 0 Å². The zero-order valence-electron chi connectivity index (χ0n) is 9.42. The fourth-order valence-electron chi connectivity index (χ4n) is 1.87. The van der Waals surface area contributed by atoms with Crippen molar-refractivity contribution in [1.29, 1.82) is 0 Å². The van der Waals surface area contributed by atoms with Gasteiger partial charge in [-0.05, 0) is 25.5 Å². The fraction of sp³-hybridized carbons (Fsp3) is 0.364. The highest BCUT2D eigenvalue weighted by molar-refractivity contribution is 5.52. The summed E-state index contributed by atoms with van der Waals surface area (Å²) in [6, 6.07) is 4.22. The van der Waals surface area contributed by atoms with Gasteiger partial charge in [0.2, 0.25) is 11.7 Å². The first-order chi connectivity index (χ1) is 8.33. The molecule has 3 rings (SSSR count). The Morgan fingerprint density at radius 3 is 2.82 bits per heavy atom. The monoisotopic (exact) mass is 231 g/mol. The van der Waals surface area contributed by atoms with Gasteiger partial charge in [0, 0.05) is 24.0 Å². The van der Waals surface area contributed by atoms with E-state index < -0.39 is 0 Å². The lowest BCUT2D eigenvalue weighted by molar-refractivity contribution is 0.340. The van der Waals surface area contributed by atoms with Crippen molar-refractivity contribution in [2.45, 2.75) is 25.4 Å². The molecule has 0 saturated carbocycles. The summed E-state index contributed by atoms with van der Waals surface area (Å²) in [4.78, 5) is 8.35. The van der Waals surface area contributed by atoms with E-state index in [0.717, 1.165) is 12.0 Å². The minimum Gasteiger partial charge on any atom is -0.337 e. The number of hydrazine groups is 1. The van der Waals surface area contributed by atoms with E-state index in [1.165, 1.54) is 0 Å². The third kappa shape index (κ3) is 2.04. The second kappa shape index (κ2) is 4.23. The van der Waals surface area contributed by atoms with Crippen LogP contribution in [0.2, 0.25) is 0 Å².